The summed E-state index contributed by atoms with van der Waals surface area (Å²) in [6, 6.07) is 8.41. The molecule has 0 atom stereocenters. The summed E-state index contributed by atoms with van der Waals surface area (Å²) in [5, 5.41) is 5.20. The fourth-order valence-corrected chi connectivity index (χ4v) is 1.99. The molecule has 0 bridgehead atoms. The number of methoxy groups -OCH3 is 2. The number of pyridine rings is 1. The molecular formula is C17H19N3O4. The molecule has 2 aromatic rings. The number of benzene rings is 1. The van der Waals surface area contributed by atoms with Gasteiger partial charge in [0.05, 0.1) is 20.8 Å². The van der Waals surface area contributed by atoms with Gasteiger partial charge in [0, 0.05) is 17.8 Å². The molecule has 0 aliphatic heterocycles. The van der Waals surface area contributed by atoms with Gasteiger partial charge in [0.15, 0.2) is 0 Å². The Bertz CT molecular complexity index is 724. The molecule has 0 fully saturated rings. The van der Waals surface area contributed by atoms with Gasteiger partial charge in [-0.3, -0.25) is 9.59 Å². The molecule has 0 saturated heterocycles. The van der Waals surface area contributed by atoms with Crippen LogP contribution >= 0.6 is 0 Å². The van der Waals surface area contributed by atoms with Crippen LogP contribution in [0.15, 0.2) is 36.5 Å². The average molecular weight is 329 g/mol. The van der Waals surface area contributed by atoms with E-state index in [1.54, 1.807) is 30.5 Å². The van der Waals surface area contributed by atoms with Gasteiger partial charge in [-0.15, -0.1) is 0 Å². The standard InChI is InChI=1S/C17H19N3O4/c1-11-5-4-6-18-16(11)20-15(21)10-19-17(22)12-7-13(23-2)9-14(8-12)24-3/h4-9H,10H2,1-3H3,(H,19,22)(H,18,20,21). The van der Waals surface area contributed by atoms with Crippen LogP contribution in [0, 0.1) is 6.92 Å². The summed E-state index contributed by atoms with van der Waals surface area (Å²) in [7, 11) is 3.00. The van der Waals surface area contributed by atoms with E-state index in [1.165, 1.54) is 14.2 Å². The third-order valence-electron chi connectivity index (χ3n) is 3.29. The van der Waals surface area contributed by atoms with Gasteiger partial charge < -0.3 is 20.1 Å². The largest absolute Gasteiger partial charge is 0.497 e. The molecule has 0 radical (unpaired) electrons. The number of hydrogen-bond acceptors (Lipinski definition) is 5. The van der Waals surface area contributed by atoms with Crippen molar-refractivity contribution in [2.24, 2.45) is 0 Å². The SMILES string of the molecule is COc1cc(OC)cc(C(=O)NCC(=O)Nc2ncccc2C)c1. The maximum atomic E-state index is 12.2. The Hall–Kier alpha value is -3.09. The van der Waals surface area contributed by atoms with Crippen molar-refractivity contribution in [2.75, 3.05) is 26.1 Å². The zero-order valence-corrected chi connectivity index (χ0v) is 13.8. The number of hydrogen-bond donors (Lipinski definition) is 2. The van der Waals surface area contributed by atoms with Crippen molar-refractivity contribution in [3.8, 4) is 11.5 Å². The van der Waals surface area contributed by atoms with Gasteiger partial charge in [-0.25, -0.2) is 4.98 Å². The first-order valence-electron chi connectivity index (χ1n) is 7.26. The Morgan fingerprint density at radius 1 is 1.12 bits per heavy atom. The highest BCUT2D eigenvalue weighted by Gasteiger charge is 2.12. The Balaban J connectivity index is 1.98. The molecule has 1 aromatic heterocycles. The molecule has 1 aromatic carbocycles. The third kappa shape index (κ3) is 4.45. The Kier molecular flexibility index (Phi) is 5.73. The lowest BCUT2D eigenvalue weighted by Gasteiger charge is -2.10. The van der Waals surface area contributed by atoms with E-state index in [0.717, 1.165) is 5.56 Å². The molecule has 0 spiro atoms. The topological polar surface area (TPSA) is 89.5 Å². The van der Waals surface area contributed by atoms with Crippen LogP contribution in [0.1, 0.15) is 15.9 Å². The highest BCUT2D eigenvalue weighted by atomic mass is 16.5. The molecular weight excluding hydrogens is 310 g/mol. The fraction of sp³-hybridized carbons (Fsp3) is 0.235. The maximum absolute atomic E-state index is 12.2. The lowest BCUT2D eigenvalue weighted by molar-refractivity contribution is -0.115. The van der Waals surface area contributed by atoms with Gasteiger partial charge in [0.2, 0.25) is 5.91 Å². The smallest absolute Gasteiger partial charge is 0.251 e. The highest BCUT2D eigenvalue weighted by molar-refractivity contribution is 5.99. The lowest BCUT2D eigenvalue weighted by atomic mass is 10.2. The number of carbonyl (C=O) groups excluding carboxylic acids is 2. The van der Waals surface area contributed by atoms with Crippen molar-refractivity contribution in [1.82, 2.24) is 10.3 Å². The van der Waals surface area contributed by atoms with Crippen molar-refractivity contribution in [1.29, 1.82) is 0 Å². The molecule has 2 amide bonds. The monoisotopic (exact) mass is 329 g/mol. The van der Waals surface area contributed by atoms with Crippen LogP contribution in [0.4, 0.5) is 5.82 Å². The number of ether oxygens (including phenoxy) is 2. The quantitative estimate of drug-likeness (QED) is 0.843. The molecule has 7 nitrogen and oxygen atoms in total. The molecule has 24 heavy (non-hydrogen) atoms. The first kappa shape index (κ1) is 17.3. The summed E-state index contributed by atoms with van der Waals surface area (Å²) in [5.74, 6) is 0.695. The number of anilines is 1. The highest BCUT2D eigenvalue weighted by Crippen LogP contribution is 2.22. The number of aryl methyl sites for hydroxylation is 1. The van der Waals surface area contributed by atoms with E-state index in [9.17, 15) is 9.59 Å². The Morgan fingerprint density at radius 3 is 2.38 bits per heavy atom. The molecule has 2 N–H and O–H groups in total. The summed E-state index contributed by atoms with van der Waals surface area (Å²) in [5.41, 5.74) is 1.18. The molecule has 1 heterocycles. The van der Waals surface area contributed by atoms with Gasteiger partial charge in [-0.05, 0) is 30.7 Å². The second kappa shape index (κ2) is 7.96. The Labute approximate surface area is 140 Å². The van der Waals surface area contributed by atoms with E-state index < -0.39 is 5.91 Å². The van der Waals surface area contributed by atoms with Crippen molar-refractivity contribution >= 4 is 17.6 Å². The summed E-state index contributed by atoms with van der Waals surface area (Å²) in [6.07, 6.45) is 1.59. The summed E-state index contributed by atoms with van der Waals surface area (Å²) < 4.78 is 10.2. The van der Waals surface area contributed by atoms with Gasteiger partial charge >= 0.3 is 0 Å². The van der Waals surface area contributed by atoms with Gasteiger partial charge in [-0.2, -0.15) is 0 Å². The van der Waals surface area contributed by atoms with Crippen LogP contribution in [-0.4, -0.2) is 37.6 Å². The van der Waals surface area contributed by atoms with Crippen LogP contribution in [0.5, 0.6) is 11.5 Å². The van der Waals surface area contributed by atoms with Crippen LogP contribution in [-0.2, 0) is 4.79 Å². The predicted molar refractivity (Wildman–Crippen MR) is 89.5 cm³/mol. The predicted octanol–water partition coefficient (Wildman–Crippen LogP) is 1.78. The van der Waals surface area contributed by atoms with Gasteiger partial charge in [0.25, 0.3) is 5.91 Å². The van der Waals surface area contributed by atoms with E-state index in [-0.39, 0.29) is 12.5 Å². The normalized spacial score (nSPS) is 9.96. The minimum Gasteiger partial charge on any atom is -0.497 e. The zero-order chi connectivity index (χ0) is 17.5. The van der Waals surface area contributed by atoms with E-state index >= 15 is 0 Å². The third-order valence-corrected chi connectivity index (χ3v) is 3.29. The molecule has 2 rings (SSSR count). The summed E-state index contributed by atoms with van der Waals surface area (Å²) in [6.45, 7) is 1.66. The van der Waals surface area contributed by atoms with Crippen LogP contribution < -0.4 is 20.1 Å². The van der Waals surface area contributed by atoms with Crippen LogP contribution in [0.3, 0.4) is 0 Å². The molecule has 0 saturated carbocycles. The first-order chi connectivity index (χ1) is 11.5. The minimum atomic E-state index is -0.403. The number of rotatable bonds is 6. The molecule has 0 aliphatic carbocycles. The van der Waals surface area contributed by atoms with E-state index in [2.05, 4.69) is 15.6 Å². The number of amides is 2. The van der Waals surface area contributed by atoms with Crippen LogP contribution in [0.25, 0.3) is 0 Å². The fourth-order valence-electron chi connectivity index (χ4n) is 1.99. The molecule has 0 unspecified atom stereocenters. The molecule has 0 aliphatic rings. The van der Waals surface area contributed by atoms with E-state index in [1.807, 2.05) is 13.0 Å². The molecule has 126 valence electrons. The van der Waals surface area contributed by atoms with Crippen molar-refractivity contribution in [3.05, 3.63) is 47.7 Å². The van der Waals surface area contributed by atoms with Crippen molar-refractivity contribution in [2.45, 2.75) is 6.92 Å². The maximum Gasteiger partial charge on any atom is 0.251 e. The number of aromatic nitrogens is 1. The number of carbonyl (C=O) groups is 2. The average Bonchev–Trinajstić information content (AvgIpc) is 2.61. The van der Waals surface area contributed by atoms with E-state index in [0.29, 0.717) is 22.9 Å². The van der Waals surface area contributed by atoms with Crippen LogP contribution in [0.2, 0.25) is 0 Å². The summed E-state index contributed by atoms with van der Waals surface area (Å²) >= 11 is 0. The second-order valence-electron chi connectivity index (χ2n) is 5.00. The number of nitrogens with zero attached hydrogens (tertiary/aromatic N) is 1. The van der Waals surface area contributed by atoms with Crippen molar-refractivity contribution in [3.63, 3.8) is 0 Å². The minimum absolute atomic E-state index is 0.172. The van der Waals surface area contributed by atoms with Crippen molar-refractivity contribution < 1.29 is 19.1 Å². The first-order valence-corrected chi connectivity index (χ1v) is 7.26. The number of nitrogens with one attached hydrogen (secondary N) is 2. The van der Waals surface area contributed by atoms with Gasteiger partial charge in [0.1, 0.15) is 17.3 Å². The summed E-state index contributed by atoms with van der Waals surface area (Å²) in [4.78, 5) is 28.2. The van der Waals surface area contributed by atoms with Gasteiger partial charge in [-0.1, -0.05) is 6.07 Å². The zero-order valence-electron chi connectivity index (χ0n) is 13.8. The molecule has 7 heteroatoms. The lowest BCUT2D eigenvalue weighted by Crippen LogP contribution is -2.33. The van der Waals surface area contributed by atoms with E-state index in [4.69, 9.17) is 9.47 Å². The Morgan fingerprint density at radius 2 is 1.79 bits per heavy atom. The second-order valence-corrected chi connectivity index (χ2v) is 5.00.